The second-order valence-electron chi connectivity index (χ2n) is 5.57. The van der Waals surface area contributed by atoms with Crippen molar-refractivity contribution in [2.45, 2.75) is 37.6 Å². The molecule has 2 aromatic rings. The van der Waals surface area contributed by atoms with Crippen LogP contribution in [0.4, 0.5) is 0 Å². The van der Waals surface area contributed by atoms with Crippen molar-refractivity contribution in [2.24, 2.45) is 5.73 Å². The third-order valence-corrected chi connectivity index (χ3v) is 5.79. The van der Waals surface area contributed by atoms with Crippen LogP contribution in [0.15, 0.2) is 40.2 Å². The Morgan fingerprint density at radius 1 is 1.32 bits per heavy atom. The Kier molecular flexibility index (Phi) is 3.54. The fraction of sp³-hybridized carbons (Fsp3) is 0.375. The van der Waals surface area contributed by atoms with Crippen LogP contribution in [0.3, 0.4) is 0 Å². The first-order valence-electron chi connectivity index (χ1n) is 6.71. The Morgan fingerprint density at radius 2 is 2.11 bits per heavy atom. The van der Waals surface area contributed by atoms with Crippen molar-refractivity contribution in [1.29, 1.82) is 0 Å². The highest BCUT2D eigenvalue weighted by Crippen LogP contribution is 2.42. The van der Waals surface area contributed by atoms with E-state index in [-0.39, 0.29) is 5.54 Å². The Hall–Kier alpha value is -0.640. The van der Waals surface area contributed by atoms with Gasteiger partial charge in [-0.1, -0.05) is 31.2 Å². The number of hydrogen-bond acceptors (Lipinski definition) is 2. The molecule has 0 aliphatic heterocycles. The zero-order valence-electron chi connectivity index (χ0n) is 11.0. The summed E-state index contributed by atoms with van der Waals surface area (Å²) >= 11 is 5.33. The van der Waals surface area contributed by atoms with Crippen LogP contribution in [0.2, 0.25) is 0 Å². The highest BCUT2D eigenvalue weighted by atomic mass is 79.9. The molecule has 19 heavy (non-hydrogen) atoms. The van der Waals surface area contributed by atoms with Gasteiger partial charge in [-0.15, -0.1) is 11.3 Å². The highest BCUT2D eigenvalue weighted by Gasteiger charge is 2.35. The maximum atomic E-state index is 6.77. The Bertz CT molecular complexity index is 592. The average Bonchev–Trinajstić information content (AvgIpc) is 2.80. The summed E-state index contributed by atoms with van der Waals surface area (Å²) in [5, 5.41) is 0. The Balaban J connectivity index is 1.98. The minimum atomic E-state index is -0.201. The fourth-order valence-corrected chi connectivity index (χ4v) is 4.69. The summed E-state index contributed by atoms with van der Waals surface area (Å²) < 4.78 is 1.18. The molecule has 0 saturated carbocycles. The second kappa shape index (κ2) is 5.04. The van der Waals surface area contributed by atoms with Gasteiger partial charge in [0.15, 0.2) is 0 Å². The van der Waals surface area contributed by atoms with Crippen molar-refractivity contribution in [3.05, 3.63) is 56.2 Å². The minimum Gasteiger partial charge on any atom is -0.321 e. The summed E-state index contributed by atoms with van der Waals surface area (Å²) in [6, 6.07) is 13.0. The number of benzene rings is 1. The summed E-state index contributed by atoms with van der Waals surface area (Å²) in [4.78, 5) is 1.36. The molecule has 0 fully saturated rings. The molecule has 1 aromatic carbocycles. The van der Waals surface area contributed by atoms with E-state index in [1.807, 2.05) is 0 Å². The normalized spacial score (nSPS) is 26.2. The van der Waals surface area contributed by atoms with Crippen molar-refractivity contribution in [2.75, 3.05) is 0 Å². The third kappa shape index (κ3) is 2.51. The molecule has 2 unspecified atom stereocenters. The number of rotatable bonds is 2. The van der Waals surface area contributed by atoms with Gasteiger partial charge in [-0.25, -0.2) is 0 Å². The van der Waals surface area contributed by atoms with Gasteiger partial charge in [0, 0.05) is 16.8 Å². The van der Waals surface area contributed by atoms with Gasteiger partial charge in [-0.05, 0) is 57.9 Å². The molecule has 0 spiro atoms. The summed E-state index contributed by atoms with van der Waals surface area (Å²) in [5.41, 5.74) is 9.35. The van der Waals surface area contributed by atoms with Gasteiger partial charge in [0.25, 0.3) is 0 Å². The van der Waals surface area contributed by atoms with E-state index in [2.05, 4.69) is 59.3 Å². The number of halogens is 1. The van der Waals surface area contributed by atoms with Crippen LogP contribution in [-0.4, -0.2) is 0 Å². The minimum absolute atomic E-state index is 0.201. The van der Waals surface area contributed by atoms with Gasteiger partial charge in [-0.2, -0.15) is 0 Å². The molecular weight excluding hydrogens is 318 g/mol. The predicted molar refractivity (Wildman–Crippen MR) is 85.7 cm³/mol. The Labute approximate surface area is 127 Å². The van der Waals surface area contributed by atoms with E-state index in [1.165, 1.54) is 26.2 Å². The van der Waals surface area contributed by atoms with Crippen molar-refractivity contribution in [3.8, 4) is 0 Å². The zero-order chi connectivity index (χ0) is 13.5. The van der Waals surface area contributed by atoms with Crippen molar-refractivity contribution >= 4 is 27.3 Å². The van der Waals surface area contributed by atoms with Gasteiger partial charge in [-0.3, -0.25) is 0 Å². The van der Waals surface area contributed by atoms with Crippen LogP contribution in [0.1, 0.15) is 41.7 Å². The van der Waals surface area contributed by atoms with E-state index < -0.39 is 0 Å². The van der Waals surface area contributed by atoms with Crippen molar-refractivity contribution in [1.82, 2.24) is 0 Å². The van der Waals surface area contributed by atoms with Gasteiger partial charge in [0.1, 0.15) is 0 Å². The summed E-state index contributed by atoms with van der Waals surface area (Å²) in [6.07, 6.45) is 3.19. The molecule has 2 N–H and O–H groups in total. The number of nitrogens with two attached hydrogens (primary N) is 1. The van der Waals surface area contributed by atoms with Crippen LogP contribution >= 0.6 is 27.3 Å². The molecule has 0 amide bonds. The quantitative estimate of drug-likeness (QED) is 0.837. The lowest BCUT2D eigenvalue weighted by molar-refractivity contribution is 0.351. The van der Waals surface area contributed by atoms with E-state index in [0.717, 1.165) is 12.8 Å². The van der Waals surface area contributed by atoms with Gasteiger partial charge in [0.2, 0.25) is 0 Å². The summed E-state index contributed by atoms with van der Waals surface area (Å²) in [7, 11) is 0. The molecule has 0 radical (unpaired) electrons. The average molecular weight is 336 g/mol. The lowest BCUT2D eigenvalue weighted by Crippen LogP contribution is -2.42. The van der Waals surface area contributed by atoms with E-state index >= 15 is 0 Å². The van der Waals surface area contributed by atoms with Gasteiger partial charge < -0.3 is 5.73 Å². The van der Waals surface area contributed by atoms with Crippen LogP contribution in [0.25, 0.3) is 0 Å². The molecule has 1 aliphatic carbocycles. The zero-order valence-corrected chi connectivity index (χ0v) is 13.4. The topological polar surface area (TPSA) is 26.0 Å². The van der Waals surface area contributed by atoms with E-state index in [9.17, 15) is 0 Å². The molecule has 3 heteroatoms. The molecule has 1 heterocycles. The smallest absolute Gasteiger partial charge is 0.0701 e. The van der Waals surface area contributed by atoms with Crippen LogP contribution in [0, 0.1) is 0 Å². The van der Waals surface area contributed by atoms with E-state index in [0.29, 0.717) is 5.92 Å². The van der Waals surface area contributed by atoms with Crippen LogP contribution < -0.4 is 5.73 Å². The molecule has 100 valence electrons. The molecule has 0 bridgehead atoms. The second-order valence-corrected chi connectivity index (χ2v) is 8.11. The highest BCUT2D eigenvalue weighted by molar-refractivity contribution is 9.11. The number of hydrogen-bond donors (Lipinski definition) is 1. The summed E-state index contributed by atoms with van der Waals surface area (Å²) in [6.45, 7) is 2.31. The van der Waals surface area contributed by atoms with E-state index in [4.69, 9.17) is 5.73 Å². The number of fused-ring (bicyclic) bond motifs is 1. The van der Waals surface area contributed by atoms with Crippen molar-refractivity contribution in [3.63, 3.8) is 0 Å². The maximum Gasteiger partial charge on any atom is 0.0701 e. The first-order chi connectivity index (χ1) is 9.08. The van der Waals surface area contributed by atoms with Gasteiger partial charge in [0.05, 0.1) is 3.79 Å². The van der Waals surface area contributed by atoms with Crippen LogP contribution in [0.5, 0.6) is 0 Å². The largest absolute Gasteiger partial charge is 0.321 e. The maximum absolute atomic E-state index is 6.77. The summed E-state index contributed by atoms with van der Waals surface area (Å²) in [5.74, 6) is 0.628. The van der Waals surface area contributed by atoms with Gasteiger partial charge >= 0.3 is 0 Å². The molecule has 0 saturated heterocycles. The van der Waals surface area contributed by atoms with Crippen molar-refractivity contribution < 1.29 is 0 Å². The first kappa shape index (κ1) is 13.3. The predicted octanol–water partition coefficient (Wildman–Crippen LogP) is 4.80. The molecule has 2 atom stereocenters. The molecule has 1 nitrogen and oxygen atoms in total. The molecule has 1 aliphatic rings. The van der Waals surface area contributed by atoms with Crippen LogP contribution in [-0.2, 0) is 12.0 Å². The van der Waals surface area contributed by atoms with E-state index in [1.54, 1.807) is 11.3 Å². The molecule has 1 aromatic heterocycles. The monoisotopic (exact) mass is 335 g/mol. The lowest BCUT2D eigenvalue weighted by atomic mass is 9.71. The SMILES string of the molecule is CC1CCC(N)(Cc2ccc(Br)s2)c2ccccc21. The first-order valence-corrected chi connectivity index (χ1v) is 8.32. The number of thiophene rings is 1. The lowest BCUT2D eigenvalue weighted by Gasteiger charge is -2.38. The fourth-order valence-electron chi connectivity index (χ4n) is 3.09. The molecule has 3 rings (SSSR count). The third-order valence-electron chi connectivity index (χ3n) is 4.17. The molecular formula is C16H18BrNS. The standard InChI is InChI=1S/C16H18BrNS/c1-11-8-9-16(18,10-12-6-7-15(17)19-12)14-5-3-2-4-13(11)14/h2-7,11H,8-10,18H2,1H3. The Morgan fingerprint density at radius 3 is 2.84 bits per heavy atom.